The molecule has 0 aromatic heterocycles. The van der Waals surface area contributed by atoms with Crippen molar-refractivity contribution in [1.82, 2.24) is 20.0 Å². The van der Waals surface area contributed by atoms with Crippen molar-refractivity contribution in [3.8, 4) is 0 Å². The summed E-state index contributed by atoms with van der Waals surface area (Å²) in [7, 11) is 2.79. The van der Waals surface area contributed by atoms with E-state index < -0.39 is 36.2 Å². The Morgan fingerprint density at radius 1 is 1.04 bits per heavy atom. The van der Waals surface area contributed by atoms with Gasteiger partial charge in [0.1, 0.15) is 6.54 Å². The van der Waals surface area contributed by atoms with E-state index in [-0.39, 0.29) is 13.1 Å². The lowest BCUT2D eigenvalue weighted by Gasteiger charge is -2.19. The summed E-state index contributed by atoms with van der Waals surface area (Å²) in [5.41, 5.74) is 0.682. The molecule has 9 nitrogen and oxygen atoms in total. The van der Waals surface area contributed by atoms with E-state index in [1.165, 1.54) is 14.1 Å². The lowest BCUT2D eigenvalue weighted by molar-refractivity contribution is -0.145. The quantitative estimate of drug-likeness (QED) is 0.535. The summed E-state index contributed by atoms with van der Waals surface area (Å²) in [6, 6.07) is 7.87. The standard InChI is InChI=1S/C16H18N4O5/c1-17-12(21)9-18(2)13(22)10-20-15(24)14(23)19(16(20)25)8-11-6-4-3-5-7-11/h3-7H,8-10H2,1-2H3,(H,17,21). The van der Waals surface area contributed by atoms with Gasteiger partial charge in [0.25, 0.3) is 0 Å². The zero-order valence-corrected chi connectivity index (χ0v) is 13.9. The Hall–Kier alpha value is -3.23. The van der Waals surface area contributed by atoms with Crippen LogP contribution in [0.2, 0.25) is 0 Å². The van der Waals surface area contributed by atoms with E-state index in [4.69, 9.17) is 0 Å². The number of likely N-dealkylation sites (N-methyl/N-ethyl adjacent to an activating group) is 2. The summed E-state index contributed by atoms with van der Waals surface area (Å²) < 4.78 is 0. The van der Waals surface area contributed by atoms with Crippen LogP contribution in [0.4, 0.5) is 4.79 Å². The van der Waals surface area contributed by atoms with Gasteiger partial charge in [0.05, 0.1) is 13.1 Å². The number of carbonyl (C=O) groups is 5. The molecule has 0 bridgehead atoms. The van der Waals surface area contributed by atoms with Crippen LogP contribution < -0.4 is 5.32 Å². The van der Waals surface area contributed by atoms with Gasteiger partial charge in [0, 0.05) is 14.1 Å². The van der Waals surface area contributed by atoms with Crippen LogP contribution in [0.1, 0.15) is 5.56 Å². The molecule has 132 valence electrons. The molecule has 1 aliphatic rings. The fourth-order valence-corrected chi connectivity index (χ4v) is 2.23. The third-order valence-electron chi connectivity index (χ3n) is 3.70. The molecule has 6 amide bonds. The van der Waals surface area contributed by atoms with Gasteiger partial charge >= 0.3 is 17.8 Å². The van der Waals surface area contributed by atoms with Crippen molar-refractivity contribution in [2.75, 3.05) is 27.2 Å². The largest absolute Gasteiger partial charge is 0.358 e. The molecule has 1 fully saturated rings. The molecule has 0 unspecified atom stereocenters. The van der Waals surface area contributed by atoms with Gasteiger partial charge in [-0.25, -0.2) is 9.69 Å². The second kappa shape index (κ2) is 7.56. The normalized spacial score (nSPS) is 14.1. The summed E-state index contributed by atoms with van der Waals surface area (Å²) in [4.78, 5) is 62.2. The first-order valence-electron chi connectivity index (χ1n) is 7.51. The minimum atomic E-state index is -1.05. The average Bonchev–Trinajstić information content (AvgIpc) is 2.80. The smallest absolute Gasteiger partial charge is 0.335 e. The summed E-state index contributed by atoms with van der Waals surface area (Å²) >= 11 is 0. The van der Waals surface area contributed by atoms with Gasteiger partial charge < -0.3 is 10.2 Å². The first-order chi connectivity index (χ1) is 11.8. The fraction of sp³-hybridized carbons (Fsp3) is 0.312. The Morgan fingerprint density at radius 2 is 1.64 bits per heavy atom. The van der Waals surface area contributed by atoms with Gasteiger partial charge in [-0.05, 0) is 5.56 Å². The van der Waals surface area contributed by atoms with E-state index in [0.29, 0.717) is 10.5 Å². The molecule has 2 rings (SSSR count). The first-order valence-corrected chi connectivity index (χ1v) is 7.51. The number of nitrogens with zero attached hydrogens (tertiary/aromatic N) is 3. The maximum atomic E-state index is 12.3. The molecule has 0 aliphatic carbocycles. The molecule has 1 saturated heterocycles. The van der Waals surface area contributed by atoms with Gasteiger partial charge in [0.2, 0.25) is 11.8 Å². The molecule has 1 N–H and O–H groups in total. The second-order valence-corrected chi connectivity index (χ2v) is 5.47. The Morgan fingerprint density at radius 3 is 2.24 bits per heavy atom. The van der Waals surface area contributed by atoms with Gasteiger partial charge in [0.15, 0.2) is 0 Å². The summed E-state index contributed by atoms with van der Waals surface area (Å²) in [5, 5.41) is 2.36. The third kappa shape index (κ3) is 4.00. The number of carbonyl (C=O) groups excluding carboxylic acids is 5. The van der Waals surface area contributed by atoms with E-state index in [1.54, 1.807) is 30.3 Å². The van der Waals surface area contributed by atoms with Crippen LogP contribution in [0.3, 0.4) is 0 Å². The van der Waals surface area contributed by atoms with Crippen LogP contribution >= 0.6 is 0 Å². The lowest BCUT2D eigenvalue weighted by atomic mass is 10.2. The molecular weight excluding hydrogens is 328 g/mol. The lowest BCUT2D eigenvalue weighted by Crippen LogP contribution is -2.44. The van der Waals surface area contributed by atoms with Crippen molar-refractivity contribution >= 4 is 29.7 Å². The van der Waals surface area contributed by atoms with Gasteiger partial charge in [-0.3, -0.25) is 24.1 Å². The summed E-state index contributed by atoms with van der Waals surface area (Å²) in [6.45, 7) is -0.863. The molecule has 0 radical (unpaired) electrons. The second-order valence-electron chi connectivity index (χ2n) is 5.47. The Kier molecular flexibility index (Phi) is 5.48. The van der Waals surface area contributed by atoms with Crippen LogP contribution in [-0.2, 0) is 25.7 Å². The monoisotopic (exact) mass is 346 g/mol. The molecule has 1 aromatic carbocycles. The molecule has 9 heteroatoms. The maximum Gasteiger partial charge on any atom is 0.335 e. The first kappa shape index (κ1) is 18.1. The topological polar surface area (TPSA) is 107 Å². The Balaban J connectivity index is 2.05. The zero-order valence-electron chi connectivity index (χ0n) is 13.9. The molecule has 0 spiro atoms. The van der Waals surface area contributed by atoms with Crippen LogP contribution in [0.25, 0.3) is 0 Å². The number of hydrogen-bond donors (Lipinski definition) is 1. The minimum Gasteiger partial charge on any atom is -0.358 e. The van der Waals surface area contributed by atoms with Crippen LogP contribution in [0.5, 0.6) is 0 Å². The van der Waals surface area contributed by atoms with E-state index in [0.717, 1.165) is 9.80 Å². The van der Waals surface area contributed by atoms with Crippen LogP contribution in [0, 0.1) is 0 Å². The number of rotatable bonds is 6. The van der Waals surface area contributed by atoms with E-state index in [9.17, 15) is 24.0 Å². The molecule has 1 aromatic rings. The average molecular weight is 346 g/mol. The van der Waals surface area contributed by atoms with E-state index in [2.05, 4.69) is 5.32 Å². The predicted octanol–water partition coefficient (Wildman–Crippen LogP) is -0.818. The van der Waals surface area contributed by atoms with E-state index >= 15 is 0 Å². The fourth-order valence-electron chi connectivity index (χ4n) is 2.23. The van der Waals surface area contributed by atoms with Crippen molar-refractivity contribution in [2.45, 2.75) is 6.54 Å². The molecule has 1 aliphatic heterocycles. The molecular formula is C16H18N4O5. The molecule has 25 heavy (non-hydrogen) atoms. The van der Waals surface area contributed by atoms with Gasteiger partial charge in [-0.2, -0.15) is 0 Å². The Bertz CT molecular complexity index is 718. The third-order valence-corrected chi connectivity index (χ3v) is 3.70. The summed E-state index contributed by atoms with van der Waals surface area (Å²) in [5.74, 6) is -3.05. The number of urea groups is 1. The molecule has 1 heterocycles. The van der Waals surface area contributed by atoms with Crippen molar-refractivity contribution in [2.24, 2.45) is 0 Å². The zero-order chi connectivity index (χ0) is 18.6. The highest BCUT2D eigenvalue weighted by Crippen LogP contribution is 2.16. The predicted molar refractivity (Wildman–Crippen MR) is 85.8 cm³/mol. The highest BCUT2D eigenvalue weighted by atomic mass is 16.2. The number of nitrogens with one attached hydrogen (secondary N) is 1. The molecule has 0 saturated carbocycles. The Labute approximate surface area is 144 Å². The summed E-state index contributed by atoms with van der Waals surface area (Å²) in [6.07, 6.45) is 0. The highest BCUT2D eigenvalue weighted by molar-refractivity contribution is 6.44. The number of benzene rings is 1. The number of hydrogen-bond acceptors (Lipinski definition) is 5. The minimum absolute atomic E-state index is 0.0526. The number of imide groups is 2. The van der Waals surface area contributed by atoms with Gasteiger partial charge in [-0.15, -0.1) is 0 Å². The molecule has 0 atom stereocenters. The SMILES string of the molecule is CNC(=O)CN(C)C(=O)CN1C(=O)C(=O)N(Cc2ccccc2)C1=O. The van der Waals surface area contributed by atoms with E-state index in [1.807, 2.05) is 0 Å². The van der Waals surface area contributed by atoms with Crippen molar-refractivity contribution in [3.05, 3.63) is 35.9 Å². The van der Waals surface area contributed by atoms with Crippen LogP contribution in [-0.4, -0.2) is 71.5 Å². The highest BCUT2D eigenvalue weighted by Gasteiger charge is 2.45. The number of amides is 6. The maximum absolute atomic E-state index is 12.3. The van der Waals surface area contributed by atoms with Crippen molar-refractivity contribution < 1.29 is 24.0 Å². The van der Waals surface area contributed by atoms with Crippen LogP contribution in [0.15, 0.2) is 30.3 Å². The van der Waals surface area contributed by atoms with Crippen molar-refractivity contribution in [1.29, 1.82) is 0 Å². The van der Waals surface area contributed by atoms with Crippen molar-refractivity contribution in [3.63, 3.8) is 0 Å². The van der Waals surface area contributed by atoms with Gasteiger partial charge in [-0.1, -0.05) is 30.3 Å².